The van der Waals surface area contributed by atoms with Crippen LogP contribution in [0.3, 0.4) is 0 Å². The molecule has 0 spiro atoms. The molecule has 0 aromatic heterocycles. The zero-order valence-corrected chi connectivity index (χ0v) is 9.70. The summed E-state index contributed by atoms with van der Waals surface area (Å²) in [5.41, 5.74) is 5.71. The van der Waals surface area contributed by atoms with E-state index < -0.39 is 18.4 Å². The van der Waals surface area contributed by atoms with Crippen LogP contribution < -0.4 is 5.73 Å². The highest BCUT2D eigenvalue weighted by Crippen LogP contribution is 2.17. The molecular formula is C12H16F2N2O. The van der Waals surface area contributed by atoms with E-state index in [-0.39, 0.29) is 13.1 Å². The zero-order chi connectivity index (χ0) is 12.9. The number of nitrogens with zero attached hydrogens (tertiary/aromatic N) is 1. The van der Waals surface area contributed by atoms with Gasteiger partial charge >= 0.3 is 5.92 Å². The van der Waals surface area contributed by atoms with Crippen molar-refractivity contribution in [1.82, 2.24) is 4.90 Å². The molecule has 1 rings (SSSR count). The fourth-order valence-corrected chi connectivity index (χ4v) is 1.45. The number of rotatable bonds is 5. The Hall–Kier alpha value is -1.49. The van der Waals surface area contributed by atoms with Crippen LogP contribution in [0.5, 0.6) is 0 Å². The number of halogens is 2. The fraction of sp³-hybridized carbons (Fsp3) is 0.417. The Morgan fingerprint density at radius 1 is 1.35 bits per heavy atom. The van der Waals surface area contributed by atoms with Crippen LogP contribution in [0, 0.1) is 0 Å². The number of carbonyl (C=O) groups is 1. The largest absolute Gasteiger partial charge is 0.336 e. The highest BCUT2D eigenvalue weighted by atomic mass is 19.3. The number of hydrogen-bond acceptors (Lipinski definition) is 2. The first kappa shape index (κ1) is 13.6. The second-order valence-electron chi connectivity index (χ2n) is 3.71. The van der Waals surface area contributed by atoms with Crippen molar-refractivity contribution in [3.8, 4) is 0 Å². The van der Waals surface area contributed by atoms with Gasteiger partial charge in [-0.1, -0.05) is 30.3 Å². The van der Waals surface area contributed by atoms with Gasteiger partial charge in [0.15, 0.2) is 0 Å². The summed E-state index contributed by atoms with van der Waals surface area (Å²) >= 11 is 0. The lowest BCUT2D eigenvalue weighted by atomic mass is 10.2. The standard InChI is InChI=1S/C12H16F2N2O/c1-2-16(11(17)12(13,14)9-15)8-10-6-4-3-5-7-10/h3-7H,2,8-9,15H2,1H3. The minimum atomic E-state index is -3.48. The maximum absolute atomic E-state index is 13.2. The average Bonchev–Trinajstić information content (AvgIpc) is 2.36. The third kappa shape index (κ3) is 3.49. The maximum atomic E-state index is 13.2. The fourth-order valence-electron chi connectivity index (χ4n) is 1.45. The highest BCUT2D eigenvalue weighted by molar-refractivity contribution is 5.83. The van der Waals surface area contributed by atoms with E-state index in [0.29, 0.717) is 0 Å². The van der Waals surface area contributed by atoms with E-state index in [1.165, 1.54) is 0 Å². The van der Waals surface area contributed by atoms with Crippen LogP contribution in [0.1, 0.15) is 12.5 Å². The monoisotopic (exact) mass is 242 g/mol. The van der Waals surface area contributed by atoms with Gasteiger partial charge in [-0.15, -0.1) is 0 Å². The van der Waals surface area contributed by atoms with Crippen molar-refractivity contribution in [3.05, 3.63) is 35.9 Å². The van der Waals surface area contributed by atoms with E-state index in [4.69, 9.17) is 5.73 Å². The molecule has 94 valence electrons. The molecular weight excluding hydrogens is 226 g/mol. The quantitative estimate of drug-likeness (QED) is 0.853. The number of carbonyl (C=O) groups excluding carboxylic acids is 1. The van der Waals surface area contributed by atoms with Crippen molar-refractivity contribution in [1.29, 1.82) is 0 Å². The average molecular weight is 242 g/mol. The third-order valence-electron chi connectivity index (χ3n) is 2.45. The molecule has 5 heteroatoms. The van der Waals surface area contributed by atoms with Crippen molar-refractivity contribution in [2.75, 3.05) is 13.1 Å². The van der Waals surface area contributed by atoms with Gasteiger partial charge in [0.05, 0.1) is 6.54 Å². The van der Waals surface area contributed by atoms with Gasteiger partial charge in [0.2, 0.25) is 0 Å². The number of nitrogens with two attached hydrogens (primary N) is 1. The molecule has 2 N–H and O–H groups in total. The Labute approximate surface area is 99.2 Å². The van der Waals surface area contributed by atoms with Crippen molar-refractivity contribution < 1.29 is 13.6 Å². The summed E-state index contributed by atoms with van der Waals surface area (Å²) < 4.78 is 26.3. The molecule has 0 unspecified atom stereocenters. The number of amides is 1. The van der Waals surface area contributed by atoms with Crippen molar-refractivity contribution >= 4 is 5.91 Å². The highest BCUT2D eigenvalue weighted by Gasteiger charge is 2.40. The van der Waals surface area contributed by atoms with Gasteiger partial charge in [-0.05, 0) is 12.5 Å². The molecule has 0 radical (unpaired) electrons. The molecule has 0 bridgehead atoms. The van der Waals surface area contributed by atoms with E-state index >= 15 is 0 Å². The summed E-state index contributed by atoms with van der Waals surface area (Å²) in [5.74, 6) is -4.70. The number of hydrogen-bond donors (Lipinski definition) is 1. The van der Waals surface area contributed by atoms with Crippen molar-refractivity contribution in [2.24, 2.45) is 5.73 Å². The first-order valence-electron chi connectivity index (χ1n) is 5.42. The summed E-state index contributed by atoms with van der Waals surface area (Å²) in [5, 5.41) is 0. The van der Waals surface area contributed by atoms with Gasteiger partial charge in [0, 0.05) is 13.1 Å². The van der Waals surface area contributed by atoms with Crippen LogP contribution in [0.2, 0.25) is 0 Å². The summed E-state index contributed by atoms with van der Waals surface area (Å²) in [6, 6.07) is 9.01. The number of benzene rings is 1. The van der Waals surface area contributed by atoms with E-state index in [9.17, 15) is 13.6 Å². The molecule has 0 aliphatic rings. The molecule has 0 heterocycles. The molecule has 0 atom stereocenters. The first-order chi connectivity index (χ1) is 8.01. The maximum Gasteiger partial charge on any atom is 0.336 e. The van der Waals surface area contributed by atoms with E-state index in [1.807, 2.05) is 6.07 Å². The third-order valence-corrected chi connectivity index (χ3v) is 2.45. The summed E-state index contributed by atoms with van der Waals surface area (Å²) in [4.78, 5) is 12.6. The lowest BCUT2D eigenvalue weighted by Gasteiger charge is -2.25. The normalized spacial score (nSPS) is 11.3. The van der Waals surface area contributed by atoms with Gasteiger partial charge in [0.25, 0.3) is 5.91 Å². The zero-order valence-electron chi connectivity index (χ0n) is 9.70. The second kappa shape index (κ2) is 5.72. The molecule has 1 amide bonds. The van der Waals surface area contributed by atoms with Crippen LogP contribution in [0.25, 0.3) is 0 Å². The Morgan fingerprint density at radius 3 is 2.41 bits per heavy atom. The van der Waals surface area contributed by atoms with Crippen LogP contribution in [-0.2, 0) is 11.3 Å². The van der Waals surface area contributed by atoms with Gasteiger partial charge in [-0.3, -0.25) is 4.79 Å². The smallest absolute Gasteiger partial charge is 0.333 e. The molecule has 0 saturated heterocycles. The number of alkyl halides is 2. The molecule has 1 aromatic rings. The van der Waals surface area contributed by atoms with Crippen molar-refractivity contribution in [3.63, 3.8) is 0 Å². The van der Waals surface area contributed by atoms with Crippen LogP contribution in [0.15, 0.2) is 30.3 Å². The minimum absolute atomic E-state index is 0.172. The molecule has 0 saturated carbocycles. The summed E-state index contributed by atoms with van der Waals surface area (Å²) in [7, 11) is 0. The lowest BCUT2D eigenvalue weighted by Crippen LogP contribution is -2.47. The Balaban J connectivity index is 2.76. The summed E-state index contributed by atoms with van der Waals surface area (Å²) in [6.07, 6.45) is 0. The minimum Gasteiger partial charge on any atom is -0.333 e. The van der Waals surface area contributed by atoms with Gasteiger partial charge < -0.3 is 10.6 Å². The Bertz CT molecular complexity index is 368. The SMILES string of the molecule is CCN(Cc1ccccc1)C(=O)C(F)(F)CN. The Morgan fingerprint density at radius 2 is 1.94 bits per heavy atom. The van der Waals surface area contributed by atoms with Crippen molar-refractivity contribution in [2.45, 2.75) is 19.4 Å². The first-order valence-corrected chi connectivity index (χ1v) is 5.42. The molecule has 0 aliphatic heterocycles. The van der Waals surface area contributed by atoms with Gasteiger partial charge in [-0.2, -0.15) is 8.78 Å². The van der Waals surface area contributed by atoms with E-state index in [2.05, 4.69) is 0 Å². The molecule has 1 aromatic carbocycles. The predicted octanol–water partition coefficient (Wildman–Crippen LogP) is 1.63. The Kier molecular flexibility index (Phi) is 4.57. The van der Waals surface area contributed by atoms with E-state index in [0.717, 1.165) is 10.5 Å². The van der Waals surface area contributed by atoms with Gasteiger partial charge in [0.1, 0.15) is 0 Å². The topological polar surface area (TPSA) is 46.3 Å². The van der Waals surface area contributed by atoms with Gasteiger partial charge in [-0.25, -0.2) is 0 Å². The molecule has 3 nitrogen and oxygen atoms in total. The van der Waals surface area contributed by atoms with Crippen LogP contribution in [0.4, 0.5) is 8.78 Å². The molecule has 0 aliphatic carbocycles. The van der Waals surface area contributed by atoms with E-state index in [1.54, 1.807) is 31.2 Å². The summed E-state index contributed by atoms with van der Waals surface area (Å²) in [6.45, 7) is 1.10. The molecule has 0 fully saturated rings. The van der Waals surface area contributed by atoms with Crippen LogP contribution in [-0.4, -0.2) is 29.8 Å². The second-order valence-corrected chi connectivity index (χ2v) is 3.71. The lowest BCUT2D eigenvalue weighted by molar-refractivity contribution is -0.156. The molecule has 17 heavy (non-hydrogen) atoms. The van der Waals surface area contributed by atoms with Crippen LogP contribution >= 0.6 is 0 Å². The predicted molar refractivity (Wildman–Crippen MR) is 61.5 cm³/mol.